The minimum Gasteiger partial charge on any atom is -0.476 e. The standard InChI is InChI=1S/C13H18ClN3O4S/c1-22(19,20)11-4-6-17(9-11)13(18)15-5-7-21-12-3-2-10(14)8-16-12/h2-3,8,11H,4-7,9H2,1H3,(H,15,18). The number of amides is 2. The fourth-order valence-corrected chi connectivity index (χ4v) is 3.23. The van der Waals surface area contributed by atoms with Crippen LogP contribution in [0.1, 0.15) is 6.42 Å². The van der Waals surface area contributed by atoms with Crippen molar-refractivity contribution in [2.24, 2.45) is 0 Å². The van der Waals surface area contributed by atoms with Crippen molar-refractivity contribution in [3.05, 3.63) is 23.4 Å². The van der Waals surface area contributed by atoms with Gasteiger partial charge in [0, 0.05) is 31.6 Å². The third-order valence-electron chi connectivity index (χ3n) is 3.37. The van der Waals surface area contributed by atoms with Crippen LogP contribution < -0.4 is 10.1 Å². The van der Waals surface area contributed by atoms with E-state index >= 15 is 0 Å². The van der Waals surface area contributed by atoms with Crippen molar-refractivity contribution in [3.63, 3.8) is 0 Å². The number of carbonyl (C=O) groups is 1. The Morgan fingerprint density at radius 2 is 2.32 bits per heavy atom. The SMILES string of the molecule is CS(=O)(=O)C1CCN(C(=O)NCCOc2ccc(Cl)cn2)C1. The van der Waals surface area contributed by atoms with Crippen molar-refractivity contribution in [3.8, 4) is 5.88 Å². The zero-order chi connectivity index (χ0) is 16.2. The summed E-state index contributed by atoms with van der Waals surface area (Å²) >= 11 is 5.71. The van der Waals surface area contributed by atoms with Gasteiger partial charge in [-0.2, -0.15) is 0 Å². The molecule has 122 valence electrons. The molecule has 0 aromatic carbocycles. The van der Waals surface area contributed by atoms with E-state index in [2.05, 4.69) is 10.3 Å². The number of aromatic nitrogens is 1. The first kappa shape index (κ1) is 16.8. The highest BCUT2D eigenvalue weighted by molar-refractivity contribution is 7.91. The van der Waals surface area contributed by atoms with Crippen molar-refractivity contribution in [1.29, 1.82) is 0 Å². The van der Waals surface area contributed by atoms with Crippen molar-refractivity contribution in [2.75, 3.05) is 32.5 Å². The quantitative estimate of drug-likeness (QED) is 0.801. The predicted molar refractivity (Wildman–Crippen MR) is 83.0 cm³/mol. The van der Waals surface area contributed by atoms with Crippen LogP contribution in [0.15, 0.2) is 18.3 Å². The Balaban J connectivity index is 1.69. The summed E-state index contributed by atoms with van der Waals surface area (Å²) in [7, 11) is -3.10. The van der Waals surface area contributed by atoms with Crippen LogP contribution in [-0.4, -0.2) is 62.1 Å². The molecule has 1 atom stereocenters. The number of urea groups is 1. The molecule has 0 bridgehead atoms. The number of hydrogen-bond acceptors (Lipinski definition) is 5. The molecule has 1 saturated heterocycles. The smallest absolute Gasteiger partial charge is 0.317 e. The molecule has 22 heavy (non-hydrogen) atoms. The number of hydrogen-bond donors (Lipinski definition) is 1. The number of nitrogens with one attached hydrogen (secondary N) is 1. The molecular formula is C13H18ClN3O4S. The number of rotatable bonds is 5. The Labute approximate surface area is 134 Å². The molecule has 1 aliphatic rings. The minimum atomic E-state index is -3.10. The molecule has 2 heterocycles. The maximum Gasteiger partial charge on any atom is 0.317 e. The third-order valence-corrected chi connectivity index (χ3v) is 5.19. The monoisotopic (exact) mass is 347 g/mol. The predicted octanol–water partition coefficient (Wildman–Crippen LogP) is 0.942. The molecule has 1 aliphatic heterocycles. The average Bonchev–Trinajstić information content (AvgIpc) is 2.95. The highest BCUT2D eigenvalue weighted by Gasteiger charge is 2.32. The summed E-state index contributed by atoms with van der Waals surface area (Å²) in [4.78, 5) is 17.4. The van der Waals surface area contributed by atoms with Crippen LogP contribution in [0.4, 0.5) is 4.79 Å². The Morgan fingerprint density at radius 1 is 1.55 bits per heavy atom. The molecule has 0 saturated carbocycles. The maximum atomic E-state index is 11.9. The van der Waals surface area contributed by atoms with Crippen LogP contribution in [0.3, 0.4) is 0 Å². The van der Waals surface area contributed by atoms with E-state index in [1.165, 1.54) is 17.4 Å². The van der Waals surface area contributed by atoms with E-state index in [4.69, 9.17) is 16.3 Å². The van der Waals surface area contributed by atoms with Gasteiger partial charge in [-0.1, -0.05) is 11.6 Å². The van der Waals surface area contributed by atoms with E-state index in [9.17, 15) is 13.2 Å². The number of nitrogens with zero attached hydrogens (tertiary/aromatic N) is 2. The zero-order valence-corrected chi connectivity index (χ0v) is 13.7. The first-order chi connectivity index (χ1) is 10.4. The number of sulfone groups is 1. The Kier molecular flexibility index (Phi) is 5.47. The van der Waals surface area contributed by atoms with E-state index in [1.54, 1.807) is 12.1 Å². The molecule has 1 aromatic rings. The second-order valence-corrected chi connectivity index (χ2v) is 7.84. The second kappa shape index (κ2) is 7.15. The number of halogens is 1. The van der Waals surface area contributed by atoms with Gasteiger partial charge in [0.25, 0.3) is 0 Å². The van der Waals surface area contributed by atoms with Gasteiger partial charge in [0.15, 0.2) is 9.84 Å². The van der Waals surface area contributed by atoms with Crippen LogP contribution in [-0.2, 0) is 9.84 Å². The van der Waals surface area contributed by atoms with Crippen molar-refractivity contribution < 1.29 is 17.9 Å². The summed E-state index contributed by atoms with van der Waals surface area (Å²) in [6.45, 7) is 1.26. The molecular weight excluding hydrogens is 330 g/mol. The molecule has 1 N–H and O–H groups in total. The van der Waals surface area contributed by atoms with Gasteiger partial charge >= 0.3 is 6.03 Å². The van der Waals surface area contributed by atoms with E-state index in [-0.39, 0.29) is 19.2 Å². The summed E-state index contributed by atoms with van der Waals surface area (Å²) < 4.78 is 28.2. The maximum absolute atomic E-state index is 11.9. The summed E-state index contributed by atoms with van der Waals surface area (Å²) in [6, 6.07) is 3.03. The fourth-order valence-electron chi connectivity index (χ4n) is 2.14. The summed E-state index contributed by atoms with van der Waals surface area (Å²) in [5, 5.41) is 2.75. The van der Waals surface area contributed by atoms with E-state index in [0.29, 0.717) is 30.4 Å². The fraction of sp³-hybridized carbons (Fsp3) is 0.538. The van der Waals surface area contributed by atoms with Crippen LogP contribution in [0.25, 0.3) is 0 Å². The van der Waals surface area contributed by atoms with Gasteiger partial charge in [0.2, 0.25) is 5.88 Å². The van der Waals surface area contributed by atoms with E-state index < -0.39 is 15.1 Å². The summed E-state index contributed by atoms with van der Waals surface area (Å²) in [5.74, 6) is 0.428. The Hall–Kier alpha value is -1.54. The molecule has 2 amide bonds. The summed E-state index contributed by atoms with van der Waals surface area (Å²) in [6.07, 6.45) is 3.16. The molecule has 0 aliphatic carbocycles. The molecule has 0 spiro atoms. The van der Waals surface area contributed by atoms with Crippen molar-refractivity contribution >= 4 is 27.5 Å². The lowest BCUT2D eigenvalue weighted by Gasteiger charge is -2.17. The molecule has 0 radical (unpaired) electrons. The van der Waals surface area contributed by atoms with E-state index in [0.717, 1.165) is 0 Å². The van der Waals surface area contributed by atoms with Crippen LogP contribution in [0.2, 0.25) is 5.02 Å². The van der Waals surface area contributed by atoms with Crippen LogP contribution in [0, 0.1) is 0 Å². The third kappa shape index (κ3) is 4.74. The molecule has 1 aromatic heterocycles. The van der Waals surface area contributed by atoms with Gasteiger partial charge in [0.05, 0.1) is 16.8 Å². The van der Waals surface area contributed by atoms with Crippen LogP contribution >= 0.6 is 11.6 Å². The lowest BCUT2D eigenvalue weighted by Crippen LogP contribution is -2.41. The number of carbonyl (C=O) groups excluding carboxylic acids is 1. The highest BCUT2D eigenvalue weighted by Crippen LogP contribution is 2.16. The largest absolute Gasteiger partial charge is 0.476 e. The number of pyridine rings is 1. The number of likely N-dealkylation sites (tertiary alicyclic amines) is 1. The topological polar surface area (TPSA) is 88.6 Å². The Morgan fingerprint density at radius 3 is 2.91 bits per heavy atom. The highest BCUT2D eigenvalue weighted by atomic mass is 35.5. The van der Waals surface area contributed by atoms with Gasteiger partial charge in [-0.3, -0.25) is 0 Å². The van der Waals surface area contributed by atoms with Gasteiger partial charge in [-0.25, -0.2) is 18.2 Å². The van der Waals surface area contributed by atoms with Gasteiger partial charge in [0.1, 0.15) is 6.61 Å². The normalized spacial score (nSPS) is 18.3. The first-order valence-corrected chi connectivity index (χ1v) is 9.15. The molecule has 1 fully saturated rings. The molecule has 1 unspecified atom stereocenters. The molecule has 2 rings (SSSR count). The van der Waals surface area contributed by atoms with Crippen LogP contribution in [0.5, 0.6) is 5.88 Å². The van der Waals surface area contributed by atoms with Crippen molar-refractivity contribution in [1.82, 2.24) is 15.2 Å². The lowest BCUT2D eigenvalue weighted by atomic mass is 10.4. The second-order valence-electron chi connectivity index (χ2n) is 5.08. The zero-order valence-electron chi connectivity index (χ0n) is 12.2. The molecule has 7 nitrogen and oxygen atoms in total. The first-order valence-electron chi connectivity index (χ1n) is 6.82. The number of ether oxygens (including phenoxy) is 1. The lowest BCUT2D eigenvalue weighted by molar-refractivity contribution is 0.205. The minimum absolute atomic E-state index is 0.240. The summed E-state index contributed by atoms with van der Waals surface area (Å²) in [5.41, 5.74) is 0. The Bertz CT molecular complexity index is 621. The van der Waals surface area contributed by atoms with Gasteiger partial charge < -0.3 is 15.0 Å². The van der Waals surface area contributed by atoms with Gasteiger partial charge in [-0.05, 0) is 12.5 Å². The molecule has 9 heteroatoms. The van der Waals surface area contributed by atoms with Gasteiger partial charge in [-0.15, -0.1) is 0 Å². The van der Waals surface area contributed by atoms with E-state index in [1.807, 2.05) is 0 Å². The van der Waals surface area contributed by atoms with Crippen molar-refractivity contribution in [2.45, 2.75) is 11.7 Å². The average molecular weight is 348 g/mol.